The quantitative estimate of drug-likeness (QED) is 0.825. The lowest BCUT2D eigenvalue weighted by Gasteiger charge is -2.17. The van der Waals surface area contributed by atoms with Gasteiger partial charge in [-0.2, -0.15) is 0 Å². The summed E-state index contributed by atoms with van der Waals surface area (Å²) in [6.45, 7) is 2.10. The Kier molecular flexibility index (Phi) is 5.77. The van der Waals surface area contributed by atoms with Gasteiger partial charge >= 0.3 is 0 Å². The maximum atomic E-state index is 13.9. The van der Waals surface area contributed by atoms with Crippen LogP contribution in [0.5, 0.6) is 0 Å². The van der Waals surface area contributed by atoms with E-state index in [4.69, 9.17) is 11.6 Å². The highest BCUT2D eigenvalue weighted by Gasteiger charge is 2.11. The fourth-order valence-corrected chi connectivity index (χ4v) is 2.67. The predicted molar refractivity (Wildman–Crippen MR) is 87.5 cm³/mol. The van der Waals surface area contributed by atoms with Crippen molar-refractivity contribution in [2.75, 3.05) is 7.05 Å². The smallest absolute Gasteiger partial charge is 0.127 e. The van der Waals surface area contributed by atoms with Gasteiger partial charge in [-0.3, -0.25) is 0 Å². The van der Waals surface area contributed by atoms with Gasteiger partial charge in [0.1, 0.15) is 5.82 Å². The molecule has 2 aromatic carbocycles. The maximum Gasteiger partial charge on any atom is 0.127 e. The van der Waals surface area contributed by atoms with E-state index < -0.39 is 0 Å². The second kappa shape index (κ2) is 7.58. The van der Waals surface area contributed by atoms with Crippen LogP contribution in [0.4, 0.5) is 4.39 Å². The summed E-state index contributed by atoms with van der Waals surface area (Å²) in [5.41, 5.74) is 3.31. The second-order valence-electron chi connectivity index (χ2n) is 5.45. The number of hydrogen-bond acceptors (Lipinski definition) is 1. The third-order valence-electron chi connectivity index (χ3n) is 3.75. The molecule has 2 aromatic rings. The average Bonchev–Trinajstić information content (AvgIpc) is 2.45. The number of nitrogens with one attached hydrogen (secondary N) is 1. The molecule has 3 heteroatoms. The number of halogens is 2. The second-order valence-corrected chi connectivity index (χ2v) is 5.89. The molecule has 0 spiro atoms. The molecule has 0 bridgehead atoms. The molecule has 0 saturated heterocycles. The topological polar surface area (TPSA) is 12.0 Å². The molecule has 0 fully saturated rings. The number of rotatable bonds is 6. The van der Waals surface area contributed by atoms with Gasteiger partial charge in [-0.15, -0.1) is 0 Å². The fourth-order valence-electron chi connectivity index (χ4n) is 2.51. The minimum atomic E-state index is -0.224. The van der Waals surface area contributed by atoms with E-state index in [-0.39, 0.29) is 11.9 Å². The maximum absolute atomic E-state index is 13.9. The standard InChI is InChI=1S/C18H21ClFN/c1-13-4-3-5-14(10-13)6-9-17(21-2)11-15-7-8-16(19)12-18(15)20/h3-5,7-8,10,12,17,21H,6,9,11H2,1-2H3. The van der Waals surface area contributed by atoms with Crippen molar-refractivity contribution in [1.82, 2.24) is 5.32 Å². The molecule has 0 saturated carbocycles. The summed E-state index contributed by atoms with van der Waals surface area (Å²) in [5.74, 6) is -0.224. The minimum absolute atomic E-state index is 0.224. The zero-order valence-electron chi connectivity index (χ0n) is 12.5. The lowest BCUT2D eigenvalue weighted by molar-refractivity contribution is 0.504. The van der Waals surface area contributed by atoms with Gasteiger partial charge in [-0.1, -0.05) is 47.5 Å². The molecule has 1 unspecified atom stereocenters. The molecule has 1 atom stereocenters. The van der Waals surface area contributed by atoms with Gasteiger partial charge in [0, 0.05) is 11.1 Å². The van der Waals surface area contributed by atoms with E-state index in [9.17, 15) is 4.39 Å². The van der Waals surface area contributed by atoms with Crippen LogP contribution < -0.4 is 5.32 Å². The zero-order chi connectivity index (χ0) is 15.2. The summed E-state index contributed by atoms with van der Waals surface area (Å²) < 4.78 is 13.9. The Bertz CT molecular complexity index is 598. The Labute approximate surface area is 131 Å². The molecule has 0 aliphatic heterocycles. The van der Waals surface area contributed by atoms with Crippen molar-refractivity contribution < 1.29 is 4.39 Å². The van der Waals surface area contributed by atoms with E-state index in [2.05, 4.69) is 36.5 Å². The van der Waals surface area contributed by atoms with E-state index in [1.54, 1.807) is 12.1 Å². The van der Waals surface area contributed by atoms with Gasteiger partial charge in [0.05, 0.1) is 0 Å². The zero-order valence-corrected chi connectivity index (χ0v) is 13.3. The van der Waals surface area contributed by atoms with Gasteiger partial charge < -0.3 is 5.32 Å². The number of hydrogen-bond donors (Lipinski definition) is 1. The van der Waals surface area contributed by atoms with Gasteiger partial charge in [0.15, 0.2) is 0 Å². The number of aryl methyl sites for hydroxylation is 2. The lowest BCUT2D eigenvalue weighted by Crippen LogP contribution is -2.28. The van der Waals surface area contributed by atoms with Crippen molar-refractivity contribution in [2.24, 2.45) is 0 Å². The molecule has 112 valence electrons. The monoisotopic (exact) mass is 305 g/mol. The summed E-state index contributed by atoms with van der Waals surface area (Å²) in [7, 11) is 1.93. The van der Waals surface area contributed by atoms with Gasteiger partial charge in [-0.25, -0.2) is 4.39 Å². The first-order valence-corrected chi connectivity index (χ1v) is 7.63. The molecule has 21 heavy (non-hydrogen) atoms. The normalized spacial score (nSPS) is 12.4. The molecule has 0 aromatic heterocycles. The van der Waals surface area contributed by atoms with Crippen molar-refractivity contribution in [3.05, 3.63) is 70.0 Å². The molecule has 0 radical (unpaired) electrons. The van der Waals surface area contributed by atoms with Crippen LogP contribution in [0.25, 0.3) is 0 Å². The Morgan fingerprint density at radius 1 is 1.19 bits per heavy atom. The highest BCUT2D eigenvalue weighted by molar-refractivity contribution is 6.30. The number of benzene rings is 2. The van der Waals surface area contributed by atoms with Crippen LogP contribution in [0.3, 0.4) is 0 Å². The average molecular weight is 306 g/mol. The van der Waals surface area contributed by atoms with Crippen LogP contribution in [-0.2, 0) is 12.8 Å². The largest absolute Gasteiger partial charge is 0.317 e. The summed E-state index contributed by atoms with van der Waals surface area (Å²) in [4.78, 5) is 0. The molecule has 0 amide bonds. The van der Waals surface area contributed by atoms with E-state index in [0.29, 0.717) is 17.0 Å². The predicted octanol–water partition coefficient (Wildman–Crippen LogP) is 4.55. The Hall–Kier alpha value is -1.38. The van der Waals surface area contributed by atoms with Crippen molar-refractivity contribution in [3.63, 3.8) is 0 Å². The van der Waals surface area contributed by atoms with Crippen LogP contribution in [0.15, 0.2) is 42.5 Å². The third kappa shape index (κ3) is 4.83. The van der Waals surface area contributed by atoms with E-state index in [1.807, 2.05) is 7.05 Å². The first-order chi connectivity index (χ1) is 10.1. The van der Waals surface area contributed by atoms with E-state index in [1.165, 1.54) is 17.2 Å². The Balaban J connectivity index is 1.97. The van der Waals surface area contributed by atoms with Crippen molar-refractivity contribution in [3.8, 4) is 0 Å². The highest BCUT2D eigenvalue weighted by Crippen LogP contribution is 2.17. The van der Waals surface area contributed by atoms with Crippen LogP contribution in [-0.4, -0.2) is 13.1 Å². The SMILES string of the molecule is CNC(CCc1cccc(C)c1)Cc1ccc(Cl)cc1F. The van der Waals surface area contributed by atoms with Crippen LogP contribution in [0.1, 0.15) is 23.1 Å². The summed E-state index contributed by atoms with van der Waals surface area (Å²) in [6.07, 6.45) is 2.63. The van der Waals surface area contributed by atoms with Crippen molar-refractivity contribution in [2.45, 2.75) is 32.2 Å². The molecule has 0 heterocycles. The minimum Gasteiger partial charge on any atom is -0.317 e. The van der Waals surface area contributed by atoms with Crippen LogP contribution in [0.2, 0.25) is 5.02 Å². The molecule has 2 rings (SSSR count). The van der Waals surface area contributed by atoms with Crippen molar-refractivity contribution in [1.29, 1.82) is 0 Å². The molecule has 1 nitrogen and oxygen atoms in total. The van der Waals surface area contributed by atoms with Crippen LogP contribution in [0, 0.1) is 12.7 Å². The van der Waals surface area contributed by atoms with Gasteiger partial charge in [0.25, 0.3) is 0 Å². The Morgan fingerprint density at radius 3 is 2.67 bits per heavy atom. The van der Waals surface area contributed by atoms with E-state index in [0.717, 1.165) is 12.8 Å². The summed E-state index contributed by atoms with van der Waals surface area (Å²) in [6, 6.07) is 13.7. The van der Waals surface area contributed by atoms with Crippen molar-refractivity contribution >= 4 is 11.6 Å². The summed E-state index contributed by atoms with van der Waals surface area (Å²) in [5, 5.41) is 3.72. The molecular weight excluding hydrogens is 285 g/mol. The lowest BCUT2D eigenvalue weighted by atomic mass is 9.98. The molecule has 1 N–H and O–H groups in total. The molecule has 0 aliphatic rings. The fraction of sp³-hybridized carbons (Fsp3) is 0.333. The van der Waals surface area contributed by atoms with Crippen LogP contribution >= 0.6 is 11.6 Å². The highest BCUT2D eigenvalue weighted by atomic mass is 35.5. The van der Waals surface area contributed by atoms with E-state index >= 15 is 0 Å². The third-order valence-corrected chi connectivity index (χ3v) is 3.99. The molecular formula is C18H21ClFN. The first-order valence-electron chi connectivity index (χ1n) is 7.25. The molecule has 0 aliphatic carbocycles. The van der Waals surface area contributed by atoms with Gasteiger partial charge in [0.2, 0.25) is 0 Å². The first kappa shape index (κ1) is 16.0. The Morgan fingerprint density at radius 2 is 2.00 bits per heavy atom. The summed E-state index contributed by atoms with van der Waals surface area (Å²) >= 11 is 5.79. The van der Waals surface area contributed by atoms with Gasteiger partial charge in [-0.05, 0) is 56.5 Å². The number of likely N-dealkylation sites (N-methyl/N-ethyl adjacent to an activating group) is 1.